The van der Waals surface area contributed by atoms with Crippen molar-refractivity contribution in [2.45, 2.75) is 57.5 Å². The molecule has 0 aliphatic carbocycles. The highest BCUT2D eigenvalue weighted by molar-refractivity contribution is 7.92. The normalized spacial score (nSPS) is 11.9. The highest BCUT2D eigenvalue weighted by Crippen LogP contribution is 2.31. The van der Waals surface area contributed by atoms with Gasteiger partial charge in [-0.1, -0.05) is 114 Å². The van der Waals surface area contributed by atoms with Crippen molar-refractivity contribution in [2.24, 2.45) is 0 Å². The number of rotatable bonds is 14. The molecule has 0 bridgehead atoms. The summed E-state index contributed by atoms with van der Waals surface area (Å²) in [5.41, 5.74) is 3.74. The number of amides is 2. The van der Waals surface area contributed by atoms with Crippen LogP contribution in [0.1, 0.15) is 42.0 Å². The number of unbranched alkanes of at least 4 members (excludes halogenated alkanes) is 1. The van der Waals surface area contributed by atoms with Gasteiger partial charge < -0.3 is 10.2 Å². The van der Waals surface area contributed by atoms with Crippen molar-refractivity contribution in [3.63, 3.8) is 0 Å². The molecular weight excluding hydrogens is 641 g/mol. The van der Waals surface area contributed by atoms with E-state index in [0.717, 1.165) is 39.4 Å². The summed E-state index contributed by atoms with van der Waals surface area (Å²) in [5.74, 6) is -0.851. The summed E-state index contributed by atoms with van der Waals surface area (Å²) in [7, 11) is -4.25. The molecule has 4 rings (SSSR count). The maximum Gasteiger partial charge on any atom is 0.264 e. The van der Waals surface area contributed by atoms with E-state index in [0.29, 0.717) is 6.54 Å². The van der Waals surface area contributed by atoms with E-state index in [2.05, 4.69) is 5.32 Å². The van der Waals surface area contributed by atoms with Crippen LogP contribution >= 0.6 is 23.2 Å². The van der Waals surface area contributed by atoms with Crippen LogP contribution < -0.4 is 9.62 Å². The van der Waals surface area contributed by atoms with Crippen molar-refractivity contribution in [3.05, 3.63) is 129 Å². The maximum atomic E-state index is 14.5. The number of anilines is 1. The molecule has 0 radical (unpaired) electrons. The predicted octanol–water partition coefficient (Wildman–Crippen LogP) is 7.36. The van der Waals surface area contributed by atoms with Crippen molar-refractivity contribution in [1.29, 1.82) is 0 Å². The van der Waals surface area contributed by atoms with Crippen LogP contribution in [0.15, 0.2) is 102 Å². The topological polar surface area (TPSA) is 86.8 Å². The molecule has 0 aromatic heterocycles. The Balaban J connectivity index is 1.81. The zero-order chi connectivity index (χ0) is 33.3. The van der Waals surface area contributed by atoms with Crippen molar-refractivity contribution >= 4 is 50.7 Å². The first-order valence-corrected chi connectivity index (χ1v) is 17.4. The standard InChI is InChI=1S/C36H39Cl2N3O4S/c1-4-5-20-39-36(43)34(22-28-11-7-6-8-12-28)40(24-29-13-9-10-27(3)21-29)35(42)25-41(30-16-19-32(37)33(38)23-30)46(44,45)31-17-14-26(2)15-18-31/h6-19,21,23,34H,4-5,20,22,24-25H2,1-3H3,(H,39,43). The summed E-state index contributed by atoms with van der Waals surface area (Å²) in [6, 6.07) is 27.1. The number of hydrogen-bond acceptors (Lipinski definition) is 4. The molecule has 0 saturated carbocycles. The second-order valence-corrected chi connectivity index (χ2v) is 14.0. The minimum atomic E-state index is -4.25. The molecule has 7 nitrogen and oxygen atoms in total. The van der Waals surface area contributed by atoms with Gasteiger partial charge in [-0.05, 0) is 61.7 Å². The van der Waals surface area contributed by atoms with Crippen LogP contribution in [-0.4, -0.2) is 44.3 Å². The van der Waals surface area contributed by atoms with Gasteiger partial charge in [0.2, 0.25) is 11.8 Å². The minimum absolute atomic E-state index is 0.0142. The molecule has 0 aliphatic rings. The number of nitrogens with zero attached hydrogens (tertiary/aromatic N) is 2. The van der Waals surface area contributed by atoms with Gasteiger partial charge in [-0.25, -0.2) is 8.42 Å². The molecule has 1 atom stereocenters. The lowest BCUT2D eigenvalue weighted by molar-refractivity contribution is -0.140. The number of halogens is 2. The van der Waals surface area contributed by atoms with Gasteiger partial charge in [-0.2, -0.15) is 0 Å². The summed E-state index contributed by atoms with van der Waals surface area (Å²) in [6.45, 7) is 5.83. The fourth-order valence-corrected chi connectivity index (χ4v) is 6.77. The van der Waals surface area contributed by atoms with E-state index in [1.54, 1.807) is 12.1 Å². The van der Waals surface area contributed by atoms with Gasteiger partial charge in [-0.3, -0.25) is 13.9 Å². The molecule has 0 aliphatic heterocycles. The first kappa shape index (κ1) is 35.0. The van der Waals surface area contributed by atoms with Crippen LogP contribution in [0.25, 0.3) is 0 Å². The SMILES string of the molecule is CCCCNC(=O)C(Cc1ccccc1)N(Cc1cccc(C)c1)C(=O)CN(c1ccc(Cl)c(Cl)c1)S(=O)(=O)c1ccc(C)cc1. The number of aryl methyl sites for hydroxylation is 2. The maximum absolute atomic E-state index is 14.5. The Labute approximate surface area is 282 Å². The molecule has 0 spiro atoms. The largest absolute Gasteiger partial charge is 0.354 e. The van der Waals surface area contributed by atoms with Crippen LogP contribution in [0.3, 0.4) is 0 Å². The van der Waals surface area contributed by atoms with E-state index in [4.69, 9.17) is 23.2 Å². The Bertz CT molecular complexity index is 1750. The quantitative estimate of drug-likeness (QED) is 0.141. The first-order valence-electron chi connectivity index (χ1n) is 15.2. The smallest absolute Gasteiger partial charge is 0.264 e. The van der Waals surface area contributed by atoms with E-state index >= 15 is 0 Å². The van der Waals surface area contributed by atoms with Gasteiger partial charge in [0.05, 0.1) is 20.6 Å². The van der Waals surface area contributed by atoms with E-state index < -0.39 is 28.5 Å². The molecule has 0 saturated heterocycles. The third kappa shape index (κ3) is 9.12. The van der Waals surface area contributed by atoms with Crippen LogP contribution in [0.5, 0.6) is 0 Å². The highest BCUT2D eigenvalue weighted by atomic mass is 35.5. The molecule has 0 fully saturated rings. The van der Waals surface area contributed by atoms with Crippen molar-refractivity contribution in [1.82, 2.24) is 10.2 Å². The lowest BCUT2D eigenvalue weighted by Gasteiger charge is -2.34. The minimum Gasteiger partial charge on any atom is -0.354 e. The molecule has 0 heterocycles. The second-order valence-electron chi connectivity index (χ2n) is 11.3. The van der Waals surface area contributed by atoms with Crippen LogP contribution in [0.2, 0.25) is 10.0 Å². The Hall–Kier alpha value is -3.85. The van der Waals surface area contributed by atoms with E-state index in [1.807, 2.05) is 75.4 Å². The summed E-state index contributed by atoms with van der Waals surface area (Å²) in [6.07, 6.45) is 1.93. The molecule has 46 heavy (non-hydrogen) atoms. The monoisotopic (exact) mass is 679 g/mol. The van der Waals surface area contributed by atoms with Gasteiger partial charge in [0.25, 0.3) is 10.0 Å². The Kier molecular flexibility index (Phi) is 12.3. The van der Waals surface area contributed by atoms with Gasteiger partial charge >= 0.3 is 0 Å². The number of sulfonamides is 1. The predicted molar refractivity (Wildman–Crippen MR) is 186 cm³/mol. The Morgan fingerprint density at radius 2 is 1.50 bits per heavy atom. The number of nitrogens with one attached hydrogen (secondary N) is 1. The zero-order valence-electron chi connectivity index (χ0n) is 26.2. The van der Waals surface area contributed by atoms with Gasteiger partial charge in [0.1, 0.15) is 12.6 Å². The highest BCUT2D eigenvalue weighted by Gasteiger charge is 2.34. The fourth-order valence-electron chi connectivity index (χ4n) is 5.07. The molecule has 242 valence electrons. The van der Waals surface area contributed by atoms with Gasteiger partial charge in [0.15, 0.2) is 0 Å². The average molecular weight is 681 g/mol. The van der Waals surface area contributed by atoms with Crippen LogP contribution in [0, 0.1) is 13.8 Å². The Morgan fingerprint density at radius 1 is 0.804 bits per heavy atom. The molecule has 2 amide bonds. The fraction of sp³-hybridized carbons (Fsp3) is 0.278. The zero-order valence-corrected chi connectivity index (χ0v) is 28.6. The van der Waals surface area contributed by atoms with Crippen molar-refractivity contribution in [3.8, 4) is 0 Å². The van der Waals surface area contributed by atoms with E-state index in [1.165, 1.54) is 35.2 Å². The van der Waals surface area contributed by atoms with E-state index in [-0.39, 0.29) is 39.5 Å². The lowest BCUT2D eigenvalue weighted by atomic mass is 10.0. The molecule has 1 N–H and O–H groups in total. The van der Waals surface area contributed by atoms with Crippen LogP contribution in [-0.2, 0) is 32.6 Å². The molecule has 4 aromatic rings. The number of carbonyl (C=O) groups excluding carboxylic acids is 2. The number of benzene rings is 4. The summed E-state index contributed by atoms with van der Waals surface area (Å²) in [4.78, 5) is 29.9. The summed E-state index contributed by atoms with van der Waals surface area (Å²) in [5, 5.41) is 3.39. The molecule has 4 aromatic carbocycles. The third-order valence-corrected chi connectivity index (χ3v) is 10.1. The molecule has 1 unspecified atom stereocenters. The van der Waals surface area contributed by atoms with Crippen molar-refractivity contribution < 1.29 is 18.0 Å². The van der Waals surface area contributed by atoms with Crippen molar-refractivity contribution in [2.75, 3.05) is 17.4 Å². The first-order chi connectivity index (χ1) is 22.0. The second kappa shape index (κ2) is 16.1. The summed E-state index contributed by atoms with van der Waals surface area (Å²) < 4.78 is 29.4. The number of carbonyl (C=O) groups is 2. The number of hydrogen-bond donors (Lipinski definition) is 1. The van der Waals surface area contributed by atoms with Gasteiger partial charge in [0, 0.05) is 19.5 Å². The van der Waals surface area contributed by atoms with Gasteiger partial charge in [-0.15, -0.1) is 0 Å². The summed E-state index contributed by atoms with van der Waals surface area (Å²) >= 11 is 12.5. The molecule has 10 heteroatoms. The van der Waals surface area contributed by atoms with Crippen LogP contribution in [0.4, 0.5) is 5.69 Å². The average Bonchev–Trinajstić information content (AvgIpc) is 3.03. The third-order valence-electron chi connectivity index (χ3n) is 7.62. The Morgan fingerprint density at radius 3 is 2.15 bits per heavy atom. The van der Waals surface area contributed by atoms with E-state index in [9.17, 15) is 18.0 Å². The molecular formula is C36H39Cl2N3O4S. The lowest BCUT2D eigenvalue weighted by Crippen LogP contribution is -2.53.